The minimum atomic E-state index is -1.50. The summed E-state index contributed by atoms with van der Waals surface area (Å²) in [5, 5.41) is 12.6. The largest absolute Gasteiger partial charge is 1.00 e. The van der Waals surface area contributed by atoms with E-state index < -0.39 is 11.8 Å². The SMILES string of the molecule is COc1cccc(CC(C(=O)c2cc(OC)c(OC)c(OC)c2)=C(C(=O)[O-])c2ccc3nsnc3c2)c1.[Na+]. The van der Waals surface area contributed by atoms with Gasteiger partial charge in [-0.05, 0) is 47.5 Å². The number of rotatable bonds is 10. The maximum absolute atomic E-state index is 14.0. The van der Waals surface area contributed by atoms with Crippen LogP contribution in [0.15, 0.2) is 60.2 Å². The molecule has 11 heteroatoms. The van der Waals surface area contributed by atoms with E-state index in [0.29, 0.717) is 28.1 Å². The summed E-state index contributed by atoms with van der Waals surface area (Å²) in [6, 6.07) is 14.8. The summed E-state index contributed by atoms with van der Waals surface area (Å²) in [6.07, 6.45) is -0.0106. The summed E-state index contributed by atoms with van der Waals surface area (Å²) in [6.45, 7) is 0. The van der Waals surface area contributed by atoms with Crippen molar-refractivity contribution >= 4 is 40.1 Å². The molecule has 1 aromatic heterocycles. The molecular formula is C27H23N2NaO7S. The van der Waals surface area contributed by atoms with Crippen molar-refractivity contribution < 1.29 is 63.2 Å². The number of ether oxygens (including phenoxy) is 4. The Kier molecular flexibility index (Phi) is 9.87. The van der Waals surface area contributed by atoms with Gasteiger partial charge in [-0.1, -0.05) is 18.2 Å². The molecule has 0 saturated carbocycles. The number of Topliss-reactive ketones (excluding diaryl/α,β-unsaturated/α-hetero) is 1. The molecule has 3 aromatic carbocycles. The predicted octanol–water partition coefficient (Wildman–Crippen LogP) is 0.359. The Labute approximate surface area is 245 Å². The number of ketones is 1. The van der Waals surface area contributed by atoms with E-state index >= 15 is 0 Å². The van der Waals surface area contributed by atoms with Crippen LogP contribution in [0.25, 0.3) is 16.6 Å². The van der Waals surface area contributed by atoms with Crippen LogP contribution in [0, 0.1) is 0 Å². The normalized spacial score (nSPS) is 11.3. The quantitative estimate of drug-likeness (QED) is 0.159. The van der Waals surface area contributed by atoms with Gasteiger partial charge in [0, 0.05) is 23.1 Å². The maximum Gasteiger partial charge on any atom is 1.00 e. The fourth-order valence-electron chi connectivity index (χ4n) is 4.01. The van der Waals surface area contributed by atoms with Gasteiger partial charge in [0.05, 0.1) is 46.1 Å². The summed E-state index contributed by atoms with van der Waals surface area (Å²) in [5.74, 6) is -0.644. The molecule has 0 radical (unpaired) electrons. The number of aromatic nitrogens is 2. The molecule has 0 unspecified atom stereocenters. The van der Waals surface area contributed by atoms with Crippen molar-refractivity contribution in [3.8, 4) is 23.0 Å². The van der Waals surface area contributed by atoms with Crippen molar-refractivity contribution in [2.24, 2.45) is 0 Å². The van der Waals surface area contributed by atoms with E-state index in [1.54, 1.807) is 42.5 Å². The van der Waals surface area contributed by atoms with Gasteiger partial charge in [-0.2, -0.15) is 8.75 Å². The molecule has 38 heavy (non-hydrogen) atoms. The molecule has 9 nitrogen and oxygen atoms in total. The number of aliphatic carboxylic acids is 1. The second-order valence-electron chi connectivity index (χ2n) is 7.88. The van der Waals surface area contributed by atoms with E-state index in [2.05, 4.69) is 8.75 Å². The van der Waals surface area contributed by atoms with Crippen LogP contribution in [0.3, 0.4) is 0 Å². The van der Waals surface area contributed by atoms with Gasteiger partial charge in [0.1, 0.15) is 16.8 Å². The van der Waals surface area contributed by atoms with E-state index in [9.17, 15) is 14.7 Å². The smallest absolute Gasteiger partial charge is 0.545 e. The number of methoxy groups -OCH3 is 4. The van der Waals surface area contributed by atoms with Gasteiger partial charge in [-0.15, -0.1) is 0 Å². The maximum atomic E-state index is 14.0. The number of carbonyl (C=O) groups is 2. The van der Waals surface area contributed by atoms with Crippen LogP contribution in [-0.4, -0.2) is 48.9 Å². The van der Waals surface area contributed by atoms with E-state index in [1.165, 1.54) is 40.6 Å². The minimum absolute atomic E-state index is 0. The van der Waals surface area contributed by atoms with Gasteiger partial charge in [-0.3, -0.25) is 4.79 Å². The van der Waals surface area contributed by atoms with Gasteiger partial charge < -0.3 is 28.8 Å². The Morgan fingerprint density at radius 2 is 1.50 bits per heavy atom. The summed E-state index contributed by atoms with van der Waals surface area (Å²) >= 11 is 1.01. The Hall–Kier alpha value is -3.44. The van der Waals surface area contributed by atoms with E-state index in [1.807, 2.05) is 0 Å². The fraction of sp³-hybridized carbons (Fsp3) is 0.185. The Bertz CT molecular complexity index is 1490. The Morgan fingerprint density at radius 3 is 2.11 bits per heavy atom. The molecule has 4 rings (SSSR count). The average Bonchev–Trinajstić information content (AvgIpc) is 3.39. The molecule has 0 spiro atoms. The van der Waals surface area contributed by atoms with Gasteiger partial charge in [0.15, 0.2) is 17.3 Å². The van der Waals surface area contributed by atoms with Crippen LogP contribution in [-0.2, 0) is 11.2 Å². The zero-order chi connectivity index (χ0) is 26.5. The Morgan fingerprint density at radius 1 is 0.816 bits per heavy atom. The van der Waals surface area contributed by atoms with Gasteiger partial charge in [-0.25, -0.2) is 0 Å². The molecule has 0 atom stereocenters. The van der Waals surface area contributed by atoms with Crippen LogP contribution in [0.5, 0.6) is 23.0 Å². The molecule has 0 N–H and O–H groups in total. The van der Waals surface area contributed by atoms with Gasteiger partial charge in [0.2, 0.25) is 5.75 Å². The molecule has 0 saturated heterocycles. The number of hydrogen-bond donors (Lipinski definition) is 0. The number of carboxylic acid groups (broad SMARTS) is 1. The molecule has 0 fully saturated rings. The molecule has 4 aromatic rings. The first-order valence-electron chi connectivity index (χ1n) is 11.0. The number of allylic oxidation sites excluding steroid dienone is 1. The summed E-state index contributed by atoms with van der Waals surface area (Å²) in [7, 11) is 5.85. The molecule has 0 bridgehead atoms. The average molecular weight is 543 g/mol. The predicted molar refractivity (Wildman–Crippen MR) is 136 cm³/mol. The number of carbonyl (C=O) groups excluding carboxylic acids is 2. The monoisotopic (exact) mass is 542 g/mol. The van der Waals surface area contributed by atoms with E-state index in [4.69, 9.17) is 18.9 Å². The van der Waals surface area contributed by atoms with Gasteiger partial charge in [0.25, 0.3) is 0 Å². The molecule has 0 aliphatic heterocycles. The molecule has 1 heterocycles. The summed E-state index contributed by atoms with van der Waals surface area (Å²) < 4.78 is 29.8. The Balaban J connectivity index is 0.00000400. The van der Waals surface area contributed by atoms with Crippen LogP contribution in [0.1, 0.15) is 21.5 Å². The molecule has 0 amide bonds. The molecule has 0 aliphatic carbocycles. The van der Waals surface area contributed by atoms with Crippen molar-refractivity contribution in [1.29, 1.82) is 0 Å². The number of fused-ring (bicyclic) bond motifs is 1. The number of benzene rings is 3. The molecule has 190 valence electrons. The third kappa shape index (κ3) is 5.99. The van der Waals surface area contributed by atoms with Crippen molar-refractivity contribution in [2.75, 3.05) is 28.4 Å². The van der Waals surface area contributed by atoms with Crippen LogP contribution >= 0.6 is 11.7 Å². The van der Waals surface area contributed by atoms with Crippen molar-refractivity contribution in [3.63, 3.8) is 0 Å². The second kappa shape index (κ2) is 12.9. The fourth-order valence-corrected chi connectivity index (χ4v) is 4.53. The standard InChI is InChI=1S/C27H24N2O7S.Na/c1-33-18-7-5-6-15(10-18)11-19(24(27(31)32)16-8-9-20-21(12-16)29-37-28-20)25(30)17-13-22(34-2)26(36-4)23(14-17)35-3;/h5-10,12-14H,11H2,1-4H3,(H,31,32);/q;+1/p-1. The third-order valence-electron chi connectivity index (χ3n) is 5.76. The topological polar surface area (TPSA) is 120 Å². The number of nitrogens with zero attached hydrogens (tertiary/aromatic N) is 2. The zero-order valence-corrected chi connectivity index (χ0v) is 24.4. The molecular weight excluding hydrogens is 519 g/mol. The van der Waals surface area contributed by atoms with Crippen molar-refractivity contribution in [2.45, 2.75) is 6.42 Å². The number of hydrogen-bond acceptors (Lipinski definition) is 10. The van der Waals surface area contributed by atoms with Gasteiger partial charge >= 0.3 is 29.6 Å². The first kappa shape index (κ1) is 29.1. The first-order valence-corrected chi connectivity index (χ1v) is 11.8. The molecule has 0 aliphatic rings. The minimum Gasteiger partial charge on any atom is -0.545 e. The van der Waals surface area contributed by atoms with Crippen molar-refractivity contribution in [3.05, 3.63) is 76.9 Å². The van der Waals surface area contributed by atoms with E-state index in [-0.39, 0.29) is 69.8 Å². The summed E-state index contributed by atoms with van der Waals surface area (Å²) in [5.41, 5.74) is 1.99. The summed E-state index contributed by atoms with van der Waals surface area (Å²) in [4.78, 5) is 26.6. The third-order valence-corrected chi connectivity index (χ3v) is 6.32. The second-order valence-corrected chi connectivity index (χ2v) is 8.41. The van der Waals surface area contributed by atoms with Crippen LogP contribution < -0.4 is 53.6 Å². The van der Waals surface area contributed by atoms with Crippen molar-refractivity contribution in [1.82, 2.24) is 8.75 Å². The van der Waals surface area contributed by atoms with Crippen LogP contribution in [0.2, 0.25) is 0 Å². The van der Waals surface area contributed by atoms with E-state index in [0.717, 1.165) is 11.7 Å². The zero-order valence-electron chi connectivity index (χ0n) is 21.6. The van der Waals surface area contributed by atoms with Crippen LogP contribution in [0.4, 0.5) is 0 Å². The first-order chi connectivity index (χ1) is 17.9. The number of carboxylic acids is 1.